The zero-order valence-electron chi connectivity index (χ0n) is 15.2. The number of amides is 2. The summed E-state index contributed by atoms with van der Waals surface area (Å²) >= 11 is 7.31. The van der Waals surface area contributed by atoms with E-state index in [4.69, 9.17) is 21.4 Å². The van der Waals surface area contributed by atoms with E-state index >= 15 is 0 Å². The van der Waals surface area contributed by atoms with E-state index in [9.17, 15) is 9.59 Å². The second-order valence-electron chi connectivity index (χ2n) is 5.77. The van der Waals surface area contributed by atoms with Gasteiger partial charge < -0.3 is 19.8 Å². The van der Waals surface area contributed by atoms with Crippen LogP contribution in [0.4, 0.5) is 11.4 Å². The Labute approximate surface area is 186 Å². The maximum Gasteiger partial charge on any atom is 0.291 e. The number of furan rings is 1. The molecule has 3 rings (SSSR count). The van der Waals surface area contributed by atoms with Crippen LogP contribution < -0.4 is 20.7 Å². The van der Waals surface area contributed by atoms with Crippen LogP contribution in [0.3, 0.4) is 0 Å². The van der Waals surface area contributed by atoms with Gasteiger partial charge in [0, 0.05) is 16.9 Å². The molecule has 0 aliphatic carbocycles. The van der Waals surface area contributed by atoms with Gasteiger partial charge in [-0.2, -0.15) is 0 Å². The molecule has 0 radical (unpaired) electrons. The fourth-order valence-corrected chi connectivity index (χ4v) is 3.37. The van der Waals surface area contributed by atoms with E-state index in [-0.39, 0.29) is 22.7 Å². The summed E-state index contributed by atoms with van der Waals surface area (Å²) in [6.45, 7) is 0. The molecule has 0 spiro atoms. The van der Waals surface area contributed by atoms with Crippen molar-refractivity contribution in [2.75, 3.05) is 17.7 Å². The predicted octanol–water partition coefficient (Wildman–Crippen LogP) is 4.27. The fourth-order valence-electron chi connectivity index (χ4n) is 2.42. The van der Waals surface area contributed by atoms with E-state index in [0.717, 1.165) is 3.57 Å². The number of anilines is 2. The van der Waals surface area contributed by atoms with Gasteiger partial charge in [0.05, 0.1) is 16.9 Å². The van der Waals surface area contributed by atoms with Crippen LogP contribution in [0.2, 0.25) is 0 Å². The van der Waals surface area contributed by atoms with Gasteiger partial charge in [-0.3, -0.25) is 14.9 Å². The molecule has 7 nitrogen and oxygen atoms in total. The molecule has 1 aromatic heterocycles. The van der Waals surface area contributed by atoms with Gasteiger partial charge in [-0.1, -0.05) is 6.07 Å². The van der Waals surface area contributed by atoms with Gasteiger partial charge in [-0.05, 0) is 83.3 Å². The number of carbonyl (C=O) groups excluding carboxylic acids is 2. The summed E-state index contributed by atoms with van der Waals surface area (Å²) in [5.74, 6) is 0.194. The molecule has 148 valence electrons. The first-order chi connectivity index (χ1) is 14.0. The van der Waals surface area contributed by atoms with Gasteiger partial charge in [0.2, 0.25) is 0 Å². The predicted molar refractivity (Wildman–Crippen MR) is 123 cm³/mol. The van der Waals surface area contributed by atoms with Crippen molar-refractivity contribution in [2.24, 2.45) is 0 Å². The number of rotatable bonds is 5. The number of halogens is 1. The van der Waals surface area contributed by atoms with Gasteiger partial charge >= 0.3 is 0 Å². The Bertz CT molecular complexity index is 1050. The smallest absolute Gasteiger partial charge is 0.291 e. The molecule has 3 aromatic rings. The van der Waals surface area contributed by atoms with E-state index in [0.29, 0.717) is 22.7 Å². The number of ether oxygens (including phenoxy) is 1. The molecule has 0 atom stereocenters. The normalized spacial score (nSPS) is 10.1. The molecule has 0 bridgehead atoms. The second kappa shape index (κ2) is 9.52. The lowest BCUT2D eigenvalue weighted by Gasteiger charge is -2.12. The Morgan fingerprint density at radius 2 is 1.76 bits per heavy atom. The Hall–Kier alpha value is -2.92. The molecule has 0 saturated heterocycles. The third kappa shape index (κ3) is 5.55. The van der Waals surface area contributed by atoms with Crippen molar-refractivity contribution < 1.29 is 18.7 Å². The number of nitrogens with one attached hydrogen (secondary N) is 3. The van der Waals surface area contributed by atoms with Crippen LogP contribution in [0.5, 0.6) is 5.75 Å². The van der Waals surface area contributed by atoms with Crippen LogP contribution in [-0.4, -0.2) is 24.0 Å². The fraction of sp³-hybridized carbons (Fsp3) is 0.0500. The highest BCUT2D eigenvalue weighted by Crippen LogP contribution is 2.21. The van der Waals surface area contributed by atoms with Crippen molar-refractivity contribution in [3.05, 3.63) is 75.8 Å². The summed E-state index contributed by atoms with van der Waals surface area (Å²) in [5.41, 5.74) is 1.62. The molecule has 3 N–H and O–H groups in total. The van der Waals surface area contributed by atoms with E-state index in [1.54, 1.807) is 61.7 Å². The van der Waals surface area contributed by atoms with Crippen molar-refractivity contribution in [1.82, 2.24) is 5.32 Å². The van der Waals surface area contributed by atoms with Crippen LogP contribution in [0, 0.1) is 3.57 Å². The van der Waals surface area contributed by atoms with Crippen LogP contribution in [-0.2, 0) is 0 Å². The van der Waals surface area contributed by atoms with Crippen LogP contribution in [0.15, 0.2) is 65.3 Å². The summed E-state index contributed by atoms with van der Waals surface area (Å²) in [7, 11) is 1.57. The van der Waals surface area contributed by atoms with E-state index in [1.165, 1.54) is 6.26 Å². The number of hydrogen-bond donors (Lipinski definition) is 3. The van der Waals surface area contributed by atoms with Crippen LogP contribution in [0.25, 0.3) is 0 Å². The van der Waals surface area contributed by atoms with Gasteiger partial charge in [0.1, 0.15) is 5.75 Å². The zero-order chi connectivity index (χ0) is 20.8. The topological polar surface area (TPSA) is 92.6 Å². The van der Waals surface area contributed by atoms with Crippen molar-refractivity contribution in [2.45, 2.75) is 0 Å². The Kier molecular flexibility index (Phi) is 6.83. The van der Waals surface area contributed by atoms with Crippen molar-refractivity contribution in [1.29, 1.82) is 0 Å². The van der Waals surface area contributed by atoms with Crippen molar-refractivity contribution in [3.8, 4) is 5.75 Å². The SMILES string of the molecule is COc1ccc(C(=O)NC(=S)Nc2cccc(NC(=O)c3ccco3)c2)cc1I. The van der Waals surface area contributed by atoms with Crippen molar-refractivity contribution in [3.63, 3.8) is 0 Å². The van der Waals surface area contributed by atoms with E-state index < -0.39 is 0 Å². The quantitative estimate of drug-likeness (QED) is 0.343. The summed E-state index contributed by atoms with van der Waals surface area (Å²) in [6, 6.07) is 15.2. The average Bonchev–Trinajstić information content (AvgIpc) is 3.23. The largest absolute Gasteiger partial charge is 0.496 e. The highest BCUT2D eigenvalue weighted by molar-refractivity contribution is 14.1. The van der Waals surface area contributed by atoms with Gasteiger partial charge in [-0.25, -0.2) is 0 Å². The van der Waals surface area contributed by atoms with Crippen LogP contribution in [0.1, 0.15) is 20.9 Å². The number of carbonyl (C=O) groups is 2. The first-order valence-corrected chi connectivity index (χ1v) is 9.86. The first kappa shape index (κ1) is 20.8. The molecular weight excluding hydrogens is 505 g/mol. The standard InChI is InChI=1S/C20H16IN3O4S/c1-27-16-8-7-12(10-15(16)21)18(25)24-20(29)23-14-5-2-4-13(11-14)22-19(26)17-6-3-9-28-17/h2-11H,1H3,(H,22,26)(H2,23,24,25,29). The lowest BCUT2D eigenvalue weighted by Crippen LogP contribution is -2.34. The minimum absolute atomic E-state index is 0.135. The maximum atomic E-state index is 12.4. The minimum atomic E-state index is -0.364. The lowest BCUT2D eigenvalue weighted by molar-refractivity contribution is 0.0975. The number of benzene rings is 2. The molecule has 1 heterocycles. The molecule has 0 aliphatic rings. The highest BCUT2D eigenvalue weighted by Gasteiger charge is 2.12. The third-order valence-corrected chi connectivity index (χ3v) is 4.81. The van der Waals surface area contributed by atoms with E-state index in [1.807, 2.05) is 0 Å². The van der Waals surface area contributed by atoms with Gasteiger partial charge in [0.25, 0.3) is 11.8 Å². The van der Waals surface area contributed by atoms with Gasteiger partial charge in [-0.15, -0.1) is 0 Å². The average molecular weight is 521 g/mol. The molecule has 2 aromatic carbocycles. The molecule has 0 saturated carbocycles. The molecule has 0 aliphatic heterocycles. The summed E-state index contributed by atoms with van der Waals surface area (Å²) in [4.78, 5) is 24.5. The third-order valence-electron chi connectivity index (χ3n) is 3.76. The second-order valence-corrected chi connectivity index (χ2v) is 7.34. The van der Waals surface area contributed by atoms with E-state index in [2.05, 4.69) is 38.5 Å². The molecule has 29 heavy (non-hydrogen) atoms. The molecule has 0 unspecified atom stereocenters. The Balaban J connectivity index is 1.61. The summed E-state index contributed by atoms with van der Waals surface area (Å²) in [6.07, 6.45) is 1.43. The molecular formula is C20H16IN3O4S. The highest BCUT2D eigenvalue weighted by atomic mass is 127. The lowest BCUT2D eigenvalue weighted by atomic mass is 10.2. The zero-order valence-corrected chi connectivity index (χ0v) is 18.2. The summed E-state index contributed by atoms with van der Waals surface area (Å²) in [5, 5.41) is 8.41. The number of thiocarbonyl (C=S) groups is 1. The van der Waals surface area contributed by atoms with Crippen LogP contribution >= 0.6 is 34.8 Å². The summed E-state index contributed by atoms with van der Waals surface area (Å²) < 4.78 is 11.1. The Morgan fingerprint density at radius 3 is 2.41 bits per heavy atom. The molecule has 2 amide bonds. The maximum absolute atomic E-state index is 12.4. The Morgan fingerprint density at radius 1 is 1.00 bits per heavy atom. The monoisotopic (exact) mass is 521 g/mol. The number of hydrogen-bond acceptors (Lipinski definition) is 5. The van der Waals surface area contributed by atoms with Gasteiger partial charge in [0.15, 0.2) is 10.9 Å². The van der Waals surface area contributed by atoms with Crippen molar-refractivity contribution >= 4 is 63.1 Å². The molecule has 0 fully saturated rings. The molecule has 9 heteroatoms. The number of methoxy groups -OCH3 is 1. The minimum Gasteiger partial charge on any atom is -0.496 e. The first-order valence-electron chi connectivity index (χ1n) is 8.37.